The topological polar surface area (TPSA) is 81.1 Å². The number of hydrogen-bond donors (Lipinski definition) is 2. The number of carbonyl (C=O) groups is 1. The fraction of sp³-hybridized carbons (Fsp3) is 0.222. The number of amides is 1. The van der Waals surface area contributed by atoms with Gasteiger partial charge in [-0.1, -0.05) is 42.0 Å². The molecule has 0 saturated heterocycles. The molecule has 34 heavy (non-hydrogen) atoms. The highest BCUT2D eigenvalue weighted by atomic mass is 16.5. The Morgan fingerprint density at radius 2 is 1.76 bits per heavy atom. The lowest BCUT2D eigenvalue weighted by atomic mass is 10.0. The van der Waals surface area contributed by atoms with Crippen LogP contribution >= 0.6 is 0 Å². The van der Waals surface area contributed by atoms with Crippen molar-refractivity contribution in [3.8, 4) is 16.9 Å². The van der Waals surface area contributed by atoms with Gasteiger partial charge in [-0.15, -0.1) is 0 Å². The van der Waals surface area contributed by atoms with Gasteiger partial charge in [0.25, 0.3) is 0 Å². The predicted molar refractivity (Wildman–Crippen MR) is 134 cm³/mol. The molecule has 4 aromatic rings. The maximum Gasteiger partial charge on any atom is 0.247 e. The van der Waals surface area contributed by atoms with E-state index in [0.29, 0.717) is 12.4 Å². The Morgan fingerprint density at radius 3 is 2.38 bits per heavy atom. The fourth-order valence-corrected chi connectivity index (χ4v) is 3.68. The molecule has 7 heteroatoms. The number of nitrogens with zero attached hydrogens (tertiary/aromatic N) is 3. The van der Waals surface area contributed by atoms with Crippen LogP contribution in [0.5, 0.6) is 5.75 Å². The normalized spacial score (nSPS) is 11.7. The predicted octanol–water partition coefficient (Wildman–Crippen LogP) is 4.31. The second-order valence-electron chi connectivity index (χ2n) is 8.22. The molecular formula is C27H29N5O2. The first kappa shape index (κ1) is 23.2. The Kier molecular flexibility index (Phi) is 7.34. The SMILES string of the molecule is COc1ccc([C@@H](NCCc2ccc(C)cc2)C(=O)Nc2ccc(-c3cnn(C)c3)cn2)cc1. The van der Waals surface area contributed by atoms with E-state index in [1.165, 1.54) is 11.1 Å². The summed E-state index contributed by atoms with van der Waals surface area (Å²) in [6.07, 6.45) is 6.26. The van der Waals surface area contributed by atoms with Crippen molar-refractivity contribution in [2.24, 2.45) is 7.05 Å². The second kappa shape index (κ2) is 10.8. The molecule has 1 atom stereocenters. The summed E-state index contributed by atoms with van der Waals surface area (Å²) < 4.78 is 7.01. The van der Waals surface area contributed by atoms with Crippen LogP contribution in [0.3, 0.4) is 0 Å². The Bertz CT molecular complexity index is 1220. The van der Waals surface area contributed by atoms with E-state index in [0.717, 1.165) is 28.9 Å². The minimum atomic E-state index is -0.531. The number of aryl methyl sites for hydroxylation is 2. The van der Waals surface area contributed by atoms with E-state index in [1.54, 1.807) is 30.3 Å². The number of hydrogen-bond acceptors (Lipinski definition) is 5. The lowest BCUT2D eigenvalue weighted by Crippen LogP contribution is -2.34. The lowest BCUT2D eigenvalue weighted by Gasteiger charge is -2.19. The molecule has 4 rings (SSSR count). The first-order valence-electron chi connectivity index (χ1n) is 11.2. The number of benzene rings is 2. The molecule has 1 amide bonds. The Labute approximate surface area is 199 Å². The van der Waals surface area contributed by atoms with E-state index in [4.69, 9.17) is 4.74 Å². The third-order valence-electron chi connectivity index (χ3n) is 5.65. The van der Waals surface area contributed by atoms with E-state index in [9.17, 15) is 4.79 Å². The van der Waals surface area contributed by atoms with E-state index in [2.05, 4.69) is 51.9 Å². The standard InChI is InChI=1S/C27H29N5O2/c1-19-4-6-20(7-5-19)14-15-28-26(21-8-11-24(34-3)12-9-21)27(33)31-25-13-10-22(16-29-25)23-17-30-32(2)18-23/h4-13,16-18,26,28H,14-15H2,1-3H3,(H,29,31,33)/t26-/m1/s1. The van der Waals surface area contributed by atoms with E-state index >= 15 is 0 Å². The molecule has 0 radical (unpaired) electrons. The molecule has 0 saturated carbocycles. The average Bonchev–Trinajstić information content (AvgIpc) is 3.30. The summed E-state index contributed by atoms with van der Waals surface area (Å²) in [7, 11) is 3.50. The summed E-state index contributed by atoms with van der Waals surface area (Å²) in [6.45, 7) is 2.73. The Morgan fingerprint density at radius 1 is 1.00 bits per heavy atom. The number of ether oxygens (including phenoxy) is 1. The van der Waals surface area contributed by atoms with Crippen molar-refractivity contribution in [3.63, 3.8) is 0 Å². The molecule has 0 aliphatic rings. The van der Waals surface area contributed by atoms with Crippen LogP contribution in [0.25, 0.3) is 11.1 Å². The summed E-state index contributed by atoms with van der Waals surface area (Å²) in [4.78, 5) is 17.7. The van der Waals surface area contributed by atoms with Crippen molar-refractivity contribution in [2.45, 2.75) is 19.4 Å². The monoisotopic (exact) mass is 455 g/mol. The minimum Gasteiger partial charge on any atom is -0.497 e. The highest BCUT2D eigenvalue weighted by Crippen LogP contribution is 2.21. The van der Waals surface area contributed by atoms with Crippen LogP contribution in [-0.4, -0.2) is 34.3 Å². The van der Waals surface area contributed by atoms with Crippen molar-refractivity contribution < 1.29 is 9.53 Å². The number of anilines is 1. The quantitative estimate of drug-likeness (QED) is 0.393. The maximum atomic E-state index is 13.3. The van der Waals surface area contributed by atoms with E-state index < -0.39 is 6.04 Å². The highest BCUT2D eigenvalue weighted by Gasteiger charge is 2.21. The molecule has 0 unspecified atom stereocenters. The van der Waals surface area contributed by atoms with Crippen LogP contribution in [0.4, 0.5) is 5.82 Å². The largest absolute Gasteiger partial charge is 0.497 e. The molecule has 7 nitrogen and oxygen atoms in total. The van der Waals surface area contributed by atoms with Crippen LogP contribution in [0.1, 0.15) is 22.7 Å². The third kappa shape index (κ3) is 5.88. The molecule has 174 valence electrons. The average molecular weight is 456 g/mol. The number of pyridine rings is 1. The molecule has 0 fully saturated rings. The van der Waals surface area contributed by atoms with Gasteiger partial charge in [0.05, 0.1) is 13.3 Å². The zero-order valence-electron chi connectivity index (χ0n) is 19.7. The molecule has 0 aliphatic heterocycles. The van der Waals surface area contributed by atoms with Crippen LogP contribution in [0, 0.1) is 6.92 Å². The summed E-state index contributed by atoms with van der Waals surface area (Å²) in [6, 6.07) is 19.2. The first-order chi connectivity index (χ1) is 16.5. The zero-order chi connectivity index (χ0) is 23.9. The van der Waals surface area contributed by atoms with E-state index in [-0.39, 0.29) is 5.91 Å². The maximum absolute atomic E-state index is 13.3. The summed E-state index contributed by atoms with van der Waals surface area (Å²) in [5.74, 6) is 1.07. The van der Waals surface area contributed by atoms with Gasteiger partial charge < -0.3 is 15.4 Å². The van der Waals surface area contributed by atoms with Crippen LogP contribution in [0.15, 0.2) is 79.3 Å². The number of methoxy groups -OCH3 is 1. The van der Waals surface area contributed by atoms with Gasteiger partial charge in [-0.05, 0) is 48.7 Å². The molecule has 2 aromatic heterocycles. The number of nitrogens with one attached hydrogen (secondary N) is 2. The van der Waals surface area contributed by atoms with Crippen LogP contribution < -0.4 is 15.4 Å². The third-order valence-corrected chi connectivity index (χ3v) is 5.65. The summed E-state index contributed by atoms with van der Waals surface area (Å²) in [5, 5.41) is 10.5. The fourth-order valence-electron chi connectivity index (χ4n) is 3.68. The highest BCUT2D eigenvalue weighted by molar-refractivity contribution is 5.95. The molecule has 2 heterocycles. The molecule has 0 spiro atoms. The summed E-state index contributed by atoms with van der Waals surface area (Å²) >= 11 is 0. The molecule has 2 N–H and O–H groups in total. The van der Waals surface area contributed by atoms with Gasteiger partial charge in [0.2, 0.25) is 5.91 Å². The van der Waals surface area contributed by atoms with Crippen molar-refractivity contribution in [1.82, 2.24) is 20.1 Å². The van der Waals surface area contributed by atoms with Gasteiger partial charge in [0.15, 0.2) is 0 Å². The first-order valence-corrected chi connectivity index (χ1v) is 11.2. The van der Waals surface area contributed by atoms with Crippen molar-refractivity contribution in [1.29, 1.82) is 0 Å². The minimum absolute atomic E-state index is 0.171. The smallest absolute Gasteiger partial charge is 0.247 e. The second-order valence-corrected chi connectivity index (χ2v) is 8.22. The van der Waals surface area contributed by atoms with Crippen LogP contribution in [-0.2, 0) is 18.3 Å². The number of rotatable bonds is 9. The van der Waals surface area contributed by atoms with Gasteiger partial charge in [-0.25, -0.2) is 4.98 Å². The molecule has 0 aliphatic carbocycles. The van der Waals surface area contributed by atoms with Gasteiger partial charge >= 0.3 is 0 Å². The molecule has 2 aromatic carbocycles. The van der Waals surface area contributed by atoms with Gasteiger partial charge in [-0.2, -0.15) is 5.10 Å². The number of carbonyl (C=O) groups excluding carboxylic acids is 1. The van der Waals surface area contributed by atoms with E-state index in [1.807, 2.05) is 43.6 Å². The summed E-state index contributed by atoms with van der Waals surface area (Å²) in [5.41, 5.74) is 5.22. The number of aromatic nitrogens is 3. The Hall–Kier alpha value is -3.97. The van der Waals surface area contributed by atoms with Crippen molar-refractivity contribution in [3.05, 3.63) is 95.9 Å². The molecular weight excluding hydrogens is 426 g/mol. The van der Waals surface area contributed by atoms with Gasteiger partial charge in [0.1, 0.15) is 17.6 Å². The van der Waals surface area contributed by atoms with Crippen molar-refractivity contribution >= 4 is 11.7 Å². The zero-order valence-corrected chi connectivity index (χ0v) is 19.7. The van der Waals surface area contributed by atoms with Gasteiger partial charge in [0, 0.05) is 37.1 Å². The Balaban J connectivity index is 1.46. The molecule has 0 bridgehead atoms. The van der Waals surface area contributed by atoms with Crippen molar-refractivity contribution in [2.75, 3.05) is 19.0 Å². The lowest BCUT2D eigenvalue weighted by molar-refractivity contribution is -0.118. The van der Waals surface area contributed by atoms with Crippen LogP contribution in [0.2, 0.25) is 0 Å². The van der Waals surface area contributed by atoms with Gasteiger partial charge in [-0.3, -0.25) is 9.48 Å².